The lowest BCUT2D eigenvalue weighted by Gasteiger charge is -2.20. The van der Waals surface area contributed by atoms with Gasteiger partial charge in [0.2, 0.25) is 0 Å². The quantitative estimate of drug-likeness (QED) is 0.765. The second-order valence-corrected chi connectivity index (χ2v) is 5.33. The van der Waals surface area contributed by atoms with Gasteiger partial charge < -0.3 is 15.5 Å². The number of carbonyl (C=O) groups is 1. The summed E-state index contributed by atoms with van der Waals surface area (Å²) in [6, 6.07) is -0.157. The van der Waals surface area contributed by atoms with Gasteiger partial charge in [-0.15, -0.1) is 0 Å². The summed E-state index contributed by atoms with van der Waals surface area (Å²) < 4.78 is 0. The van der Waals surface area contributed by atoms with Crippen LogP contribution in [0.4, 0.5) is 10.5 Å². The monoisotopic (exact) mass is 277 g/mol. The third kappa shape index (κ3) is 3.06. The smallest absolute Gasteiger partial charge is 0.314 e. The van der Waals surface area contributed by atoms with E-state index < -0.39 is 0 Å². The molecule has 20 heavy (non-hydrogen) atoms. The van der Waals surface area contributed by atoms with Crippen molar-refractivity contribution in [2.75, 3.05) is 32.6 Å². The predicted octanol–water partition coefficient (Wildman–Crippen LogP) is 2.46. The molecule has 0 spiro atoms. The number of rotatable bonds is 0. The lowest BCUT2D eigenvalue weighted by atomic mass is 9.92. The molecular weight excluding hydrogens is 250 g/mol. The summed E-state index contributed by atoms with van der Waals surface area (Å²) in [6.07, 6.45) is 1.22. The number of hydrogen-bond acceptors (Lipinski definition) is 2. The number of hydrogen-bond donors (Lipinski definition) is 2. The van der Waals surface area contributed by atoms with Crippen molar-refractivity contribution in [2.24, 2.45) is 0 Å². The van der Waals surface area contributed by atoms with Crippen LogP contribution in [0.5, 0.6) is 0 Å². The van der Waals surface area contributed by atoms with Crippen molar-refractivity contribution >= 4 is 11.7 Å². The minimum absolute atomic E-state index is 0.157. The minimum atomic E-state index is -0.157. The van der Waals surface area contributed by atoms with Crippen molar-refractivity contribution in [3.63, 3.8) is 0 Å². The van der Waals surface area contributed by atoms with Crippen LogP contribution in [0.15, 0.2) is 0 Å². The number of fused-ring (bicyclic) bond motifs is 1. The molecule has 1 aromatic carbocycles. The Balaban J connectivity index is 0.000000286. The summed E-state index contributed by atoms with van der Waals surface area (Å²) in [5.41, 5.74) is 9.00. The second-order valence-electron chi connectivity index (χ2n) is 5.33. The maximum atomic E-state index is 9.96. The summed E-state index contributed by atoms with van der Waals surface area (Å²) in [4.78, 5) is 12.4. The number of benzene rings is 1. The molecule has 0 aliphatic carbocycles. The highest BCUT2D eigenvalue weighted by molar-refractivity contribution is 5.72. The number of carbonyl (C=O) groups excluding carboxylic acids is 1. The van der Waals surface area contributed by atoms with Crippen molar-refractivity contribution in [3.05, 3.63) is 27.8 Å². The van der Waals surface area contributed by atoms with Crippen molar-refractivity contribution in [2.45, 2.75) is 34.1 Å². The number of anilines is 1. The number of urea groups is 1. The van der Waals surface area contributed by atoms with E-state index in [1.807, 2.05) is 0 Å². The Kier molecular flexibility index (Phi) is 5.43. The molecule has 0 fully saturated rings. The number of nitrogens with zero attached hydrogens (tertiary/aromatic N) is 1. The van der Waals surface area contributed by atoms with E-state index >= 15 is 0 Å². The molecule has 1 aliphatic rings. The maximum absolute atomic E-state index is 9.96. The summed E-state index contributed by atoms with van der Waals surface area (Å²) in [5.74, 6) is 0. The zero-order chi connectivity index (χ0) is 15.4. The first-order valence-corrected chi connectivity index (χ1v) is 7.04. The van der Waals surface area contributed by atoms with Crippen molar-refractivity contribution in [1.29, 1.82) is 0 Å². The second kappa shape index (κ2) is 6.64. The van der Waals surface area contributed by atoms with Gasteiger partial charge in [-0.1, -0.05) is 0 Å². The standard InChI is InChI=1S/C13H19N.C3H8N2O/c1-8-9(2)11(4)13-12(10(8)3)6-7-14(13)5;1-4-3(6)5-2/h6-7H2,1-5H3;1-2H3,(H2,4,5,6). The number of amides is 2. The molecule has 1 aliphatic heterocycles. The molecule has 0 unspecified atom stereocenters. The zero-order valence-corrected chi connectivity index (χ0v) is 13.8. The van der Waals surface area contributed by atoms with Crippen LogP contribution in [0.3, 0.4) is 0 Å². The SMILES string of the molecule is CNC(=O)NC.Cc1c(C)c(C)c2c(c1C)CCN2C. The molecule has 1 aromatic rings. The van der Waals surface area contributed by atoms with Crippen molar-refractivity contribution in [1.82, 2.24) is 10.6 Å². The lowest BCUT2D eigenvalue weighted by molar-refractivity contribution is 0.245. The van der Waals surface area contributed by atoms with Crippen LogP contribution in [0, 0.1) is 27.7 Å². The Morgan fingerprint density at radius 3 is 1.90 bits per heavy atom. The molecule has 0 aromatic heterocycles. The Hall–Kier alpha value is -1.71. The Morgan fingerprint density at radius 2 is 1.45 bits per heavy atom. The highest BCUT2D eigenvalue weighted by atomic mass is 16.2. The third-order valence-corrected chi connectivity index (χ3v) is 4.31. The van der Waals surface area contributed by atoms with Crippen molar-refractivity contribution < 1.29 is 4.79 Å². The van der Waals surface area contributed by atoms with Gasteiger partial charge >= 0.3 is 6.03 Å². The van der Waals surface area contributed by atoms with Crippen molar-refractivity contribution in [3.8, 4) is 0 Å². The highest BCUT2D eigenvalue weighted by Gasteiger charge is 2.22. The van der Waals surface area contributed by atoms with Crippen LogP contribution in [0.25, 0.3) is 0 Å². The molecule has 0 atom stereocenters. The largest absolute Gasteiger partial charge is 0.374 e. The molecule has 0 saturated carbocycles. The summed E-state index contributed by atoms with van der Waals surface area (Å²) in [6.45, 7) is 10.2. The van der Waals surface area contributed by atoms with E-state index in [1.54, 1.807) is 19.7 Å². The lowest BCUT2D eigenvalue weighted by Crippen LogP contribution is -2.28. The number of likely N-dealkylation sites (N-methyl/N-ethyl adjacent to an activating group) is 1. The van der Waals surface area contributed by atoms with Crippen LogP contribution in [0.2, 0.25) is 0 Å². The zero-order valence-electron chi connectivity index (χ0n) is 13.8. The van der Waals surface area contributed by atoms with Gasteiger partial charge in [0.25, 0.3) is 0 Å². The van der Waals surface area contributed by atoms with Crippen LogP contribution in [-0.2, 0) is 6.42 Å². The van der Waals surface area contributed by atoms with Crippen LogP contribution < -0.4 is 15.5 Å². The fourth-order valence-corrected chi connectivity index (χ4v) is 2.71. The molecule has 4 nitrogen and oxygen atoms in total. The Morgan fingerprint density at radius 1 is 0.950 bits per heavy atom. The Bertz CT molecular complexity index is 503. The molecular formula is C16H27N3O. The average molecular weight is 277 g/mol. The molecule has 2 rings (SSSR count). The normalized spacial score (nSPS) is 12.4. The van der Waals surface area contributed by atoms with Crippen LogP contribution in [-0.4, -0.2) is 33.7 Å². The average Bonchev–Trinajstić information content (AvgIpc) is 2.84. The third-order valence-electron chi connectivity index (χ3n) is 4.31. The first-order valence-electron chi connectivity index (χ1n) is 7.04. The van der Waals surface area contributed by atoms with Gasteiger partial charge in [-0.2, -0.15) is 0 Å². The first kappa shape index (κ1) is 16.3. The van der Waals surface area contributed by atoms with E-state index in [0.717, 1.165) is 0 Å². The van der Waals surface area contributed by atoms with E-state index in [0.29, 0.717) is 0 Å². The van der Waals surface area contributed by atoms with E-state index in [4.69, 9.17) is 0 Å². The molecule has 0 bridgehead atoms. The fourth-order valence-electron chi connectivity index (χ4n) is 2.71. The summed E-state index contributed by atoms with van der Waals surface area (Å²) in [7, 11) is 5.34. The van der Waals surface area contributed by atoms with E-state index in [2.05, 4.69) is 50.3 Å². The fraction of sp³-hybridized carbons (Fsp3) is 0.562. The summed E-state index contributed by atoms with van der Waals surface area (Å²) in [5, 5.41) is 4.73. The van der Waals surface area contributed by atoms with Gasteiger partial charge in [-0.25, -0.2) is 4.79 Å². The topological polar surface area (TPSA) is 44.4 Å². The Labute approximate surface area is 122 Å². The molecule has 0 radical (unpaired) electrons. The maximum Gasteiger partial charge on any atom is 0.314 e. The molecule has 0 saturated heterocycles. The number of nitrogens with one attached hydrogen (secondary N) is 2. The van der Waals surface area contributed by atoms with Gasteiger partial charge in [0.05, 0.1) is 0 Å². The van der Waals surface area contributed by atoms with E-state index in [9.17, 15) is 4.79 Å². The molecule has 4 heteroatoms. The molecule has 112 valence electrons. The predicted molar refractivity (Wildman–Crippen MR) is 85.9 cm³/mol. The van der Waals surface area contributed by atoms with Gasteiger partial charge in [0, 0.05) is 33.4 Å². The molecule has 2 N–H and O–H groups in total. The minimum Gasteiger partial charge on any atom is -0.374 e. The van der Waals surface area contributed by atoms with Gasteiger partial charge in [-0.3, -0.25) is 0 Å². The van der Waals surface area contributed by atoms with Crippen LogP contribution in [0.1, 0.15) is 27.8 Å². The first-order chi connectivity index (χ1) is 9.34. The van der Waals surface area contributed by atoms with E-state index in [-0.39, 0.29) is 6.03 Å². The highest BCUT2D eigenvalue weighted by Crippen LogP contribution is 2.36. The molecule has 2 amide bonds. The van der Waals surface area contributed by atoms with Gasteiger partial charge in [0.1, 0.15) is 0 Å². The van der Waals surface area contributed by atoms with Crippen LogP contribution >= 0.6 is 0 Å². The van der Waals surface area contributed by atoms with Gasteiger partial charge in [0.15, 0.2) is 0 Å². The summed E-state index contributed by atoms with van der Waals surface area (Å²) >= 11 is 0. The molecule has 1 heterocycles. The van der Waals surface area contributed by atoms with E-state index in [1.165, 1.54) is 40.9 Å². The van der Waals surface area contributed by atoms with Gasteiger partial charge in [-0.05, 0) is 61.9 Å².